The first-order valence-corrected chi connectivity index (χ1v) is 29.1. The van der Waals surface area contributed by atoms with E-state index in [4.69, 9.17) is 28.4 Å². The van der Waals surface area contributed by atoms with Gasteiger partial charge in [0.05, 0.1) is 57.6 Å². The number of hydrogen-bond donors (Lipinski definition) is 3. The minimum absolute atomic E-state index is 0.119. The number of benzene rings is 12. The van der Waals surface area contributed by atoms with Gasteiger partial charge in [-0.3, -0.25) is 0 Å². The molecule has 21 rings (SSSR count). The predicted octanol–water partition coefficient (Wildman–Crippen LogP) is 19.7. The summed E-state index contributed by atoms with van der Waals surface area (Å²) in [4.78, 5) is 6.58. The molecule has 0 bridgehead atoms. The molecule has 12 nitrogen and oxygen atoms in total. The van der Waals surface area contributed by atoms with Gasteiger partial charge in [-0.1, -0.05) is 48.5 Å². The van der Waals surface area contributed by atoms with E-state index in [0.29, 0.717) is 45.9 Å². The molecule has 3 N–H and O–H groups in total. The van der Waals surface area contributed by atoms with Gasteiger partial charge in [-0.05, 0) is 163 Å². The molecular weight excluding hydrogens is 1090 g/mol. The zero-order valence-corrected chi connectivity index (χ0v) is 45.6. The van der Waals surface area contributed by atoms with Crippen LogP contribution in [0.1, 0.15) is 67.8 Å². The number of para-hydroxylation sites is 2. The molecule has 3 unspecified atom stereocenters. The quantitative estimate of drug-likeness (QED) is 0.152. The van der Waals surface area contributed by atoms with Crippen LogP contribution in [0.25, 0.3) is 22.3 Å². The molecule has 12 aromatic carbocycles. The number of phenolic OH excluding ortho intramolecular Hbond substituents is 3. The number of ether oxygens (including phenoxy) is 6. The highest BCUT2D eigenvalue weighted by Crippen LogP contribution is 2.71. The Morgan fingerprint density at radius 2 is 0.667 bits per heavy atom. The van der Waals surface area contributed by atoms with Gasteiger partial charge < -0.3 is 58.4 Å². The second-order valence-electron chi connectivity index (χ2n) is 23.4. The molecule has 9 aliphatic rings. The maximum atomic E-state index is 11.6. The number of phenols is 3. The van der Waals surface area contributed by atoms with Crippen LogP contribution in [0.2, 0.25) is 0 Å². The lowest BCUT2D eigenvalue weighted by Gasteiger charge is -2.45. The molecule has 0 saturated carbocycles. The van der Waals surface area contributed by atoms with E-state index in [1.54, 1.807) is 30.3 Å². The molecule has 9 heterocycles. The van der Waals surface area contributed by atoms with Crippen molar-refractivity contribution in [2.45, 2.75) is 17.8 Å². The highest BCUT2D eigenvalue weighted by molar-refractivity contribution is 6.01. The zero-order valence-electron chi connectivity index (χ0n) is 45.6. The van der Waals surface area contributed by atoms with Crippen LogP contribution in [0, 0.1) is 0 Å². The smallest absolute Gasteiger partial charge is 0.141 e. The van der Waals surface area contributed by atoms with Crippen molar-refractivity contribution in [3.8, 4) is 108 Å². The molecule has 12 aromatic rings. The topological polar surface area (TPSA) is 126 Å². The molecule has 9 aliphatic heterocycles. The number of aromatic hydroxyl groups is 3. The fourth-order valence-electron chi connectivity index (χ4n) is 15.7. The van der Waals surface area contributed by atoms with E-state index in [2.05, 4.69) is 75.4 Å². The van der Waals surface area contributed by atoms with Gasteiger partial charge in [-0.15, -0.1) is 0 Å². The van der Waals surface area contributed by atoms with Crippen LogP contribution in [0.4, 0.5) is 51.2 Å². The third kappa shape index (κ3) is 5.72. The monoisotopic (exact) mass is 1130 g/mol. The molecule has 0 saturated heterocycles. The van der Waals surface area contributed by atoms with Gasteiger partial charge >= 0.3 is 0 Å². The third-order valence-electron chi connectivity index (χ3n) is 19.1. The molecule has 0 radical (unpaired) electrons. The van der Waals surface area contributed by atoms with Crippen LogP contribution in [0.15, 0.2) is 212 Å². The van der Waals surface area contributed by atoms with E-state index >= 15 is 0 Å². The van der Waals surface area contributed by atoms with Gasteiger partial charge in [0.2, 0.25) is 0 Å². The van der Waals surface area contributed by atoms with Crippen molar-refractivity contribution in [1.82, 2.24) is 0 Å². The summed E-state index contributed by atoms with van der Waals surface area (Å²) in [6, 6.07) is 69.8. The Morgan fingerprint density at radius 1 is 0.253 bits per heavy atom. The molecule has 0 spiro atoms. The molecule has 12 heteroatoms. The summed E-state index contributed by atoms with van der Waals surface area (Å²) < 4.78 is 42.6. The van der Waals surface area contributed by atoms with Crippen LogP contribution < -0.4 is 43.1 Å². The van der Waals surface area contributed by atoms with E-state index in [1.807, 2.05) is 121 Å². The van der Waals surface area contributed by atoms with Crippen molar-refractivity contribution in [3.05, 3.63) is 262 Å². The Balaban J connectivity index is 0.794. The summed E-state index contributed by atoms with van der Waals surface area (Å²) in [5, 5.41) is 33.5. The van der Waals surface area contributed by atoms with E-state index in [0.717, 1.165) is 147 Å². The Bertz CT molecular complexity index is 5230. The standard InChI is InChI=1S/C75H41N3O9/c79-39-25-23-37(24-26-39)76-45-12-4-15-52-61(45)70-64-47(76)31-28-42(74(64)86-58-21-7-18-55(82-52)68(58)70)43-29-32-48-65-72-63-50(77(48)38-9-3-10-40(80)35-38)33-36(34-60(63)84-56-19-8-22-59(69(56)72)87-75(43)65)41-27-30-49-66-71-62-46(78(49)44-11-1-2-14-51(44)81)13-5-16-53(62)83-54-17-6-20-57(67(54)71)85-73(41)66/h1-35,70-72,79-81H. The van der Waals surface area contributed by atoms with Crippen molar-refractivity contribution in [1.29, 1.82) is 0 Å². The van der Waals surface area contributed by atoms with Gasteiger partial charge in [-0.2, -0.15) is 0 Å². The molecule has 0 fully saturated rings. The summed E-state index contributed by atoms with van der Waals surface area (Å²) in [5.41, 5.74) is 19.9. The van der Waals surface area contributed by atoms with E-state index in [1.165, 1.54) is 0 Å². The third-order valence-corrected chi connectivity index (χ3v) is 19.1. The second-order valence-corrected chi connectivity index (χ2v) is 23.4. The largest absolute Gasteiger partial charge is 0.508 e. The van der Waals surface area contributed by atoms with Crippen molar-refractivity contribution in [2.24, 2.45) is 0 Å². The molecule has 0 aliphatic carbocycles. The lowest BCUT2D eigenvalue weighted by Crippen LogP contribution is -2.28. The summed E-state index contributed by atoms with van der Waals surface area (Å²) in [7, 11) is 0. The zero-order chi connectivity index (χ0) is 56.8. The number of rotatable bonds is 5. The Hall–Kier alpha value is -11.8. The fraction of sp³-hybridized carbons (Fsp3) is 0.0400. The number of hydrogen-bond acceptors (Lipinski definition) is 12. The van der Waals surface area contributed by atoms with Crippen LogP contribution in [-0.4, -0.2) is 15.3 Å². The Labute approximate surface area is 495 Å². The molecule has 0 aromatic heterocycles. The van der Waals surface area contributed by atoms with E-state index in [-0.39, 0.29) is 35.0 Å². The number of nitrogens with zero attached hydrogens (tertiary/aromatic N) is 3. The van der Waals surface area contributed by atoms with Gasteiger partial charge in [-0.25, -0.2) is 0 Å². The lowest BCUT2D eigenvalue weighted by atomic mass is 9.73. The van der Waals surface area contributed by atoms with Crippen molar-refractivity contribution >= 4 is 51.2 Å². The highest BCUT2D eigenvalue weighted by atomic mass is 16.5. The maximum Gasteiger partial charge on any atom is 0.141 e. The normalized spacial score (nSPS) is 17.0. The molecular formula is C75H41N3O9. The SMILES string of the molecule is Oc1ccc(N2c3cccc4c3C3c5c(cccc5Oc5c(-c6ccc7c8c6Oc6cccc9c6C8c6c(cc(-c8ccc%10c%11c8Oc8cccc%12c8C%11c8c(cccc8N%10c8ccccc8O)O%12)cc6N7c6cccc(O)c6)O9)ccc2c53)O4)cc1. The van der Waals surface area contributed by atoms with Gasteiger partial charge in [0.15, 0.2) is 0 Å². The van der Waals surface area contributed by atoms with E-state index < -0.39 is 0 Å². The first-order chi connectivity index (χ1) is 42.9. The molecule has 0 amide bonds. The minimum atomic E-state index is -0.350. The predicted molar refractivity (Wildman–Crippen MR) is 329 cm³/mol. The average Bonchev–Trinajstić information content (AvgIpc) is 0.729. The molecule has 87 heavy (non-hydrogen) atoms. The van der Waals surface area contributed by atoms with Gasteiger partial charge in [0.25, 0.3) is 0 Å². The summed E-state index contributed by atoms with van der Waals surface area (Å²) in [6.07, 6.45) is 0. The Kier molecular flexibility index (Phi) is 8.36. The number of anilines is 9. The summed E-state index contributed by atoms with van der Waals surface area (Å²) in [5.74, 6) is 8.24. The van der Waals surface area contributed by atoms with Crippen molar-refractivity contribution in [3.63, 3.8) is 0 Å². The van der Waals surface area contributed by atoms with Gasteiger partial charge in [0.1, 0.15) is 86.2 Å². The summed E-state index contributed by atoms with van der Waals surface area (Å²) >= 11 is 0. The van der Waals surface area contributed by atoms with Crippen LogP contribution in [-0.2, 0) is 0 Å². The first-order valence-electron chi connectivity index (χ1n) is 29.1. The van der Waals surface area contributed by atoms with Crippen LogP contribution in [0.3, 0.4) is 0 Å². The summed E-state index contributed by atoms with van der Waals surface area (Å²) in [6.45, 7) is 0. The molecule has 3 atom stereocenters. The maximum absolute atomic E-state index is 11.6. The van der Waals surface area contributed by atoms with Gasteiger partial charge in [0, 0.05) is 84.2 Å². The second kappa shape index (κ2) is 15.9. The highest BCUT2D eigenvalue weighted by Gasteiger charge is 2.51. The molecule has 410 valence electrons. The average molecular weight is 1130 g/mol. The first kappa shape index (κ1) is 45.7. The Morgan fingerprint density at radius 3 is 1.22 bits per heavy atom. The fourth-order valence-corrected chi connectivity index (χ4v) is 15.7. The van der Waals surface area contributed by atoms with Crippen molar-refractivity contribution in [2.75, 3.05) is 14.7 Å². The van der Waals surface area contributed by atoms with Crippen LogP contribution in [0.5, 0.6) is 86.2 Å². The van der Waals surface area contributed by atoms with E-state index in [9.17, 15) is 15.3 Å². The lowest BCUT2D eigenvalue weighted by molar-refractivity contribution is 0.406. The van der Waals surface area contributed by atoms with Crippen molar-refractivity contribution < 1.29 is 43.7 Å². The van der Waals surface area contributed by atoms with Crippen LogP contribution >= 0.6 is 0 Å². The minimum Gasteiger partial charge on any atom is -0.508 e.